The van der Waals surface area contributed by atoms with Gasteiger partial charge in [-0.15, -0.1) is 0 Å². The van der Waals surface area contributed by atoms with E-state index in [-0.39, 0.29) is 0 Å². The van der Waals surface area contributed by atoms with Gasteiger partial charge in [0.25, 0.3) is 0 Å². The maximum Gasteiger partial charge on any atom is 0.0175 e. The van der Waals surface area contributed by atoms with Crippen LogP contribution in [0.2, 0.25) is 0 Å². The van der Waals surface area contributed by atoms with Crippen LogP contribution in [0.1, 0.15) is 30.7 Å². The van der Waals surface area contributed by atoms with Gasteiger partial charge in [0, 0.05) is 17.6 Å². The smallest absolute Gasteiger partial charge is 0.0175 e. The Bertz CT molecular complexity index is 386. The van der Waals surface area contributed by atoms with Gasteiger partial charge in [0.05, 0.1) is 0 Å². The lowest BCUT2D eigenvalue weighted by molar-refractivity contribution is 0.258. The van der Waals surface area contributed by atoms with Gasteiger partial charge >= 0.3 is 0 Å². The minimum atomic E-state index is 0.798. The lowest BCUT2D eigenvalue weighted by Gasteiger charge is -2.33. The highest BCUT2D eigenvalue weighted by atomic mass is 79.9. The summed E-state index contributed by atoms with van der Waals surface area (Å²) in [6, 6.07) is 9.01. The third-order valence-corrected chi connectivity index (χ3v) is 5.11. The van der Waals surface area contributed by atoms with Crippen molar-refractivity contribution in [2.45, 2.75) is 25.2 Å². The average Bonchev–Trinajstić information content (AvgIpc) is 2.70. The van der Waals surface area contributed by atoms with Crippen molar-refractivity contribution in [1.29, 1.82) is 0 Å². The Kier molecular flexibility index (Phi) is 3.27. The zero-order valence-electron chi connectivity index (χ0n) is 10.4. The normalized spacial score (nSPS) is 33.6. The summed E-state index contributed by atoms with van der Waals surface area (Å²) in [7, 11) is 2.27. The molecular formula is C15H20BrN. The van der Waals surface area contributed by atoms with Crippen molar-refractivity contribution in [2.24, 2.45) is 11.8 Å². The summed E-state index contributed by atoms with van der Waals surface area (Å²) in [5.74, 6) is 2.64. The molecule has 1 aliphatic carbocycles. The Balaban J connectivity index is 1.84. The van der Waals surface area contributed by atoms with Crippen molar-refractivity contribution in [2.75, 3.05) is 20.1 Å². The van der Waals surface area contributed by atoms with E-state index in [0.717, 1.165) is 17.8 Å². The molecular weight excluding hydrogens is 274 g/mol. The molecule has 1 aromatic carbocycles. The molecule has 92 valence electrons. The van der Waals surface area contributed by atoms with Gasteiger partial charge in [-0.25, -0.2) is 0 Å². The van der Waals surface area contributed by atoms with Crippen LogP contribution in [0.4, 0.5) is 0 Å². The Labute approximate surface area is 112 Å². The number of nitrogens with zero attached hydrogens (tertiary/aromatic N) is 1. The number of hydrogen-bond acceptors (Lipinski definition) is 1. The second-order valence-electron chi connectivity index (χ2n) is 5.73. The molecule has 1 nitrogen and oxygen atoms in total. The molecule has 0 radical (unpaired) electrons. The molecule has 1 aliphatic heterocycles. The van der Waals surface area contributed by atoms with Crippen molar-refractivity contribution in [3.63, 3.8) is 0 Å². The molecule has 2 heteroatoms. The molecule has 0 aromatic heterocycles. The summed E-state index contributed by atoms with van der Waals surface area (Å²) in [5.41, 5.74) is 1.55. The van der Waals surface area contributed by atoms with E-state index >= 15 is 0 Å². The first-order chi connectivity index (χ1) is 8.24. The number of hydrogen-bond donors (Lipinski definition) is 0. The van der Waals surface area contributed by atoms with E-state index < -0.39 is 0 Å². The van der Waals surface area contributed by atoms with Gasteiger partial charge in [-0.3, -0.25) is 0 Å². The van der Waals surface area contributed by atoms with Crippen molar-refractivity contribution in [3.05, 3.63) is 34.3 Å². The highest BCUT2D eigenvalue weighted by molar-refractivity contribution is 9.10. The predicted molar refractivity (Wildman–Crippen MR) is 75.2 cm³/mol. The molecule has 0 unspecified atom stereocenters. The lowest BCUT2D eigenvalue weighted by Crippen LogP contribution is -2.25. The van der Waals surface area contributed by atoms with Crippen LogP contribution in [-0.2, 0) is 0 Å². The predicted octanol–water partition coefficient (Wildman–Crippen LogP) is 3.89. The molecule has 0 spiro atoms. The van der Waals surface area contributed by atoms with E-state index in [1.54, 1.807) is 5.56 Å². The molecule has 17 heavy (non-hydrogen) atoms. The van der Waals surface area contributed by atoms with Crippen LogP contribution < -0.4 is 0 Å². The van der Waals surface area contributed by atoms with E-state index in [0.29, 0.717) is 0 Å². The summed E-state index contributed by atoms with van der Waals surface area (Å²) < 4.78 is 1.19. The molecule has 0 bridgehead atoms. The lowest BCUT2D eigenvalue weighted by atomic mass is 9.71. The monoisotopic (exact) mass is 293 g/mol. The first-order valence-electron chi connectivity index (χ1n) is 6.68. The van der Waals surface area contributed by atoms with Gasteiger partial charge < -0.3 is 4.90 Å². The molecule has 0 amide bonds. The maximum absolute atomic E-state index is 3.53. The zero-order chi connectivity index (χ0) is 11.8. The quantitative estimate of drug-likeness (QED) is 0.759. The van der Waals surface area contributed by atoms with Gasteiger partial charge in [0.2, 0.25) is 0 Å². The van der Waals surface area contributed by atoms with Crippen LogP contribution >= 0.6 is 15.9 Å². The van der Waals surface area contributed by atoms with E-state index in [1.165, 1.54) is 36.8 Å². The van der Waals surface area contributed by atoms with Crippen molar-refractivity contribution >= 4 is 15.9 Å². The molecule has 3 atom stereocenters. The van der Waals surface area contributed by atoms with E-state index in [9.17, 15) is 0 Å². The van der Waals surface area contributed by atoms with Crippen molar-refractivity contribution in [1.82, 2.24) is 4.90 Å². The second-order valence-corrected chi connectivity index (χ2v) is 6.65. The summed E-state index contributed by atoms with van der Waals surface area (Å²) in [4.78, 5) is 2.52. The second kappa shape index (κ2) is 4.74. The molecule has 2 aliphatic rings. The fraction of sp³-hybridized carbons (Fsp3) is 0.600. The number of benzene rings is 1. The molecule has 1 saturated heterocycles. The number of fused-ring (bicyclic) bond motifs is 1. The van der Waals surface area contributed by atoms with Gasteiger partial charge in [0.15, 0.2) is 0 Å². The highest BCUT2D eigenvalue weighted by Gasteiger charge is 2.39. The molecule has 1 heterocycles. The van der Waals surface area contributed by atoms with Crippen LogP contribution in [0, 0.1) is 11.8 Å². The minimum Gasteiger partial charge on any atom is -0.306 e. The Morgan fingerprint density at radius 2 is 1.88 bits per heavy atom. The van der Waals surface area contributed by atoms with Crippen LogP contribution in [0.3, 0.4) is 0 Å². The Morgan fingerprint density at radius 1 is 1.12 bits per heavy atom. The van der Waals surface area contributed by atoms with Crippen molar-refractivity contribution < 1.29 is 0 Å². The van der Waals surface area contributed by atoms with Crippen LogP contribution in [0.15, 0.2) is 28.7 Å². The molecule has 2 fully saturated rings. The first kappa shape index (κ1) is 11.7. The fourth-order valence-corrected chi connectivity index (χ4v) is 4.08. The fourth-order valence-electron chi connectivity index (χ4n) is 3.82. The molecule has 1 saturated carbocycles. The standard InChI is InChI=1S/C15H20BrN/c1-17-9-12-3-2-4-14(15(12)10-17)11-5-7-13(16)8-6-11/h5-8,12,14-15H,2-4,9-10H2,1H3/t12-,14-,15+/m0/s1. The summed E-state index contributed by atoms with van der Waals surface area (Å²) in [5, 5.41) is 0. The molecule has 3 rings (SSSR count). The van der Waals surface area contributed by atoms with Crippen LogP contribution in [0.25, 0.3) is 0 Å². The molecule has 0 N–H and O–H groups in total. The highest BCUT2D eigenvalue weighted by Crippen LogP contribution is 2.44. The molecule has 1 aromatic rings. The SMILES string of the molecule is CN1C[C@@H]2CCC[C@@H](c3ccc(Br)cc3)[C@@H]2C1. The van der Waals surface area contributed by atoms with E-state index in [1.807, 2.05) is 0 Å². The van der Waals surface area contributed by atoms with E-state index in [2.05, 4.69) is 52.1 Å². The van der Waals surface area contributed by atoms with Crippen LogP contribution in [0.5, 0.6) is 0 Å². The first-order valence-corrected chi connectivity index (χ1v) is 7.47. The minimum absolute atomic E-state index is 0.798. The Morgan fingerprint density at radius 3 is 2.65 bits per heavy atom. The van der Waals surface area contributed by atoms with E-state index in [4.69, 9.17) is 0 Å². The number of halogens is 1. The van der Waals surface area contributed by atoms with Crippen molar-refractivity contribution in [3.8, 4) is 0 Å². The topological polar surface area (TPSA) is 3.24 Å². The summed E-state index contributed by atoms with van der Waals surface area (Å²) in [6.07, 6.45) is 4.24. The maximum atomic E-state index is 3.53. The Hall–Kier alpha value is -0.340. The van der Waals surface area contributed by atoms with Crippen LogP contribution in [-0.4, -0.2) is 25.0 Å². The van der Waals surface area contributed by atoms with Gasteiger partial charge in [-0.2, -0.15) is 0 Å². The zero-order valence-corrected chi connectivity index (χ0v) is 12.0. The number of rotatable bonds is 1. The number of likely N-dealkylation sites (tertiary alicyclic amines) is 1. The third-order valence-electron chi connectivity index (χ3n) is 4.58. The van der Waals surface area contributed by atoms with Gasteiger partial charge in [-0.05, 0) is 55.3 Å². The summed E-state index contributed by atoms with van der Waals surface area (Å²) in [6.45, 7) is 2.61. The largest absolute Gasteiger partial charge is 0.306 e. The third kappa shape index (κ3) is 2.30. The average molecular weight is 294 g/mol. The van der Waals surface area contributed by atoms with Gasteiger partial charge in [0.1, 0.15) is 0 Å². The summed E-state index contributed by atoms with van der Waals surface area (Å²) >= 11 is 3.53. The van der Waals surface area contributed by atoms with Gasteiger partial charge in [-0.1, -0.05) is 34.5 Å².